The quantitative estimate of drug-likeness (QED) is 0.518. The minimum atomic E-state index is -0.194. The molecule has 0 unspecified atom stereocenters. The predicted molar refractivity (Wildman–Crippen MR) is 122 cm³/mol. The molecule has 0 saturated carbocycles. The molecule has 6 heteroatoms. The van der Waals surface area contributed by atoms with Crippen molar-refractivity contribution in [3.05, 3.63) is 94.5 Å². The average molecular weight is 412 g/mol. The average Bonchev–Trinajstić information content (AvgIpc) is 2.80. The molecule has 0 bridgehead atoms. The molecule has 31 heavy (non-hydrogen) atoms. The molecule has 0 atom stereocenters. The first-order valence-electron chi connectivity index (χ1n) is 10.3. The van der Waals surface area contributed by atoms with Crippen LogP contribution in [0.4, 0.5) is 0 Å². The fourth-order valence-corrected chi connectivity index (χ4v) is 3.48. The molecule has 6 nitrogen and oxygen atoms in total. The molecule has 2 aromatic heterocycles. The molecule has 0 radical (unpaired) electrons. The van der Waals surface area contributed by atoms with Crippen LogP contribution in [0.2, 0.25) is 0 Å². The summed E-state index contributed by atoms with van der Waals surface area (Å²) in [6.07, 6.45) is 1.69. The Morgan fingerprint density at radius 3 is 2.45 bits per heavy atom. The number of nitrogens with one attached hydrogen (secondary N) is 1. The first-order chi connectivity index (χ1) is 15.0. The number of nitrogens with zero attached hydrogens (tertiary/aromatic N) is 3. The van der Waals surface area contributed by atoms with E-state index in [1.54, 1.807) is 35.0 Å². The minimum absolute atomic E-state index is 0.125. The third-order valence-corrected chi connectivity index (χ3v) is 4.98. The summed E-state index contributed by atoms with van der Waals surface area (Å²) in [6.45, 7) is 5.13. The lowest BCUT2D eigenvalue weighted by molar-refractivity contribution is 0.0950. The number of amides is 1. The number of aromatic nitrogens is 3. The Hall–Kier alpha value is -3.80. The van der Waals surface area contributed by atoms with Crippen molar-refractivity contribution in [2.45, 2.75) is 26.9 Å². The summed E-state index contributed by atoms with van der Waals surface area (Å²) < 4.78 is 1.79. The lowest BCUT2D eigenvalue weighted by Gasteiger charge is -2.14. The van der Waals surface area contributed by atoms with Gasteiger partial charge in [-0.25, -0.2) is 4.98 Å². The zero-order valence-electron chi connectivity index (χ0n) is 17.6. The van der Waals surface area contributed by atoms with Crippen molar-refractivity contribution in [3.63, 3.8) is 0 Å². The highest BCUT2D eigenvalue weighted by Gasteiger charge is 2.14. The summed E-state index contributed by atoms with van der Waals surface area (Å²) in [7, 11) is 0. The molecular weight excluding hydrogens is 388 g/mol. The second-order valence-electron chi connectivity index (χ2n) is 7.84. The summed E-state index contributed by atoms with van der Waals surface area (Å²) in [4.78, 5) is 34.5. The third kappa shape index (κ3) is 4.53. The van der Waals surface area contributed by atoms with Gasteiger partial charge in [-0.2, -0.15) is 0 Å². The fraction of sp³-hybridized carbons (Fsp3) is 0.200. The third-order valence-electron chi connectivity index (χ3n) is 4.98. The Labute approximate surface area is 180 Å². The molecule has 1 amide bonds. The maximum Gasteiger partial charge on any atom is 0.277 e. The normalized spacial score (nSPS) is 11.1. The number of carbonyl (C=O) groups excluding carboxylic acids is 1. The van der Waals surface area contributed by atoms with E-state index < -0.39 is 0 Å². The van der Waals surface area contributed by atoms with Crippen LogP contribution in [0, 0.1) is 5.92 Å². The van der Waals surface area contributed by atoms with Crippen LogP contribution in [0.15, 0.2) is 77.7 Å². The molecular formula is C25H24N4O2. The summed E-state index contributed by atoms with van der Waals surface area (Å²) in [6, 6.07) is 20.2. The van der Waals surface area contributed by atoms with Crippen molar-refractivity contribution < 1.29 is 4.79 Å². The number of pyridine rings is 1. The number of benzene rings is 2. The second-order valence-corrected chi connectivity index (χ2v) is 7.84. The molecule has 4 rings (SSSR count). The van der Waals surface area contributed by atoms with E-state index in [0.717, 1.165) is 16.7 Å². The van der Waals surface area contributed by atoms with Crippen molar-refractivity contribution in [3.8, 4) is 11.3 Å². The molecule has 0 aliphatic heterocycles. The van der Waals surface area contributed by atoms with Gasteiger partial charge in [0.2, 0.25) is 0 Å². The number of hydrogen-bond acceptors (Lipinski definition) is 4. The van der Waals surface area contributed by atoms with E-state index in [0.29, 0.717) is 35.8 Å². The van der Waals surface area contributed by atoms with Crippen LogP contribution in [0.25, 0.3) is 22.3 Å². The van der Waals surface area contributed by atoms with Gasteiger partial charge in [0.15, 0.2) is 0 Å². The monoisotopic (exact) mass is 412 g/mol. The smallest absolute Gasteiger partial charge is 0.277 e. The number of rotatable bonds is 6. The Morgan fingerprint density at radius 1 is 1.00 bits per heavy atom. The molecule has 156 valence electrons. The first kappa shape index (κ1) is 20.5. The van der Waals surface area contributed by atoms with Crippen molar-refractivity contribution in [2.75, 3.05) is 0 Å². The van der Waals surface area contributed by atoms with E-state index in [1.165, 1.54) is 0 Å². The summed E-state index contributed by atoms with van der Waals surface area (Å²) >= 11 is 0. The van der Waals surface area contributed by atoms with E-state index in [2.05, 4.69) is 29.1 Å². The Balaban J connectivity index is 1.62. The van der Waals surface area contributed by atoms with Gasteiger partial charge in [-0.3, -0.25) is 14.6 Å². The largest absolute Gasteiger partial charge is 0.346 e. The number of carbonyl (C=O) groups is 1. The van der Waals surface area contributed by atoms with Crippen LogP contribution in [0.5, 0.6) is 0 Å². The molecule has 0 aliphatic carbocycles. The summed E-state index contributed by atoms with van der Waals surface area (Å²) in [5.74, 6) is 0.127. The molecule has 0 fully saturated rings. The standard InChI is InChI=1S/C25H24N4O2/c1-17(2)16-29-22-9-4-3-8-21(22)28-23(25(29)31)18-10-12-19(13-11-18)24(30)27-15-20-7-5-6-14-26-20/h3-14,17H,15-16H2,1-2H3,(H,27,30). The van der Waals surface area contributed by atoms with Gasteiger partial charge in [0, 0.05) is 23.9 Å². The Morgan fingerprint density at radius 2 is 1.74 bits per heavy atom. The maximum atomic E-state index is 13.2. The molecule has 0 spiro atoms. The fourth-order valence-electron chi connectivity index (χ4n) is 3.48. The van der Waals surface area contributed by atoms with Gasteiger partial charge < -0.3 is 9.88 Å². The van der Waals surface area contributed by atoms with Crippen LogP contribution in [0.3, 0.4) is 0 Å². The molecule has 4 aromatic rings. The van der Waals surface area contributed by atoms with Gasteiger partial charge >= 0.3 is 0 Å². The van der Waals surface area contributed by atoms with E-state index in [1.807, 2.05) is 42.5 Å². The van der Waals surface area contributed by atoms with Crippen LogP contribution in [-0.2, 0) is 13.1 Å². The number of para-hydroxylation sites is 2. The van der Waals surface area contributed by atoms with E-state index in [9.17, 15) is 9.59 Å². The van der Waals surface area contributed by atoms with Gasteiger partial charge in [0.05, 0.1) is 23.3 Å². The van der Waals surface area contributed by atoms with Crippen LogP contribution in [0.1, 0.15) is 29.9 Å². The van der Waals surface area contributed by atoms with E-state index in [-0.39, 0.29) is 11.5 Å². The van der Waals surface area contributed by atoms with E-state index in [4.69, 9.17) is 0 Å². The molecule has 2 heterocycles. The molecule has 0 saturated heterocycles. The number of fused-ring (bicyclic) bond motifs is 1. The topological polar surface area (TPSA) is 76.9 Å². The van der Waals surface area contributed by atoms with Crippen LogP contribution >= 0.6 is 0 Å². The molecule has 2 aromatic carbocycles. The SMILES string of the molecule is CC(C)Cn1c(=O)c(-c2ccc(C(=O)NCc3ccccn3)cc2)nc2ccccc21. The van der Waals surface area contributed by atoms with Crippen LogP contribution < -0.4 is 10.9 Å². The zero-order chi connectivity index (χ0) is 21.8. The van der Waals surface area contributed by atoms with Gasteiger partial charge in [-0.15, -0.1) is 0 Å². The Bertz CT molecular complexity index is 1260. The summed E-state index contributed by atoms with van der Waals surface area (Å²) in [5, 5.41) is 2.86. The highest BCUT2D eigenvalue weighted by Crippen LogP contribution is 2.19. The predicted octanol–water partition coefficient (Wildman–Crippen LogP) is 4.04. The maximum absolute atomic E-state index is 13.2. The summed E-state index contributed by atoms with van der Waals surface area (Å²) in [5.41, 5.74) is 3.86. The highest BCUT2D eigenvalue weighted by atomic mass is 16.1. The van der Waals surface area contributed by atoms with Crippen molar-refractivity contribution in [1.82, 2.24) is 19.9 Å². The lowest BCUT2D eigenvalue weighted by Crippen LogP contribution is -2.26. The Kier molecular flexibility index (Phi) is 5.89. The van der Waals surface area contributed by atoms with E-state index >= 15 is 0 Å². The van der Waals surface area contributed by atoms with Crippen molar-refractivity contribution in [1.29, 1.82) is 0 Å². The van der Waals surface area contributed by atoms with Crippen molar-refractivity contribution in [2.24, 2.45) is 5.92 Å². The zero-order valence-corrected chi connectivity index (χ0v) is 17.6. The van der Waals surface area contributed by atoms with Gasteiger partial charge in [-0.1, -0.05) is 44.2 Å². The molecule has 0 aliphatic rings. The molecule has 1 N–H and O–H groups in total. The minimum Gasteiger partial charge on any atom is -0.346 e. The van der Waals surface area contributed by atoms with Gasteiger partial charge in [-0.05, 0) is 42.3 Å². The second kappa shape index (κ2) is 8.92. The highest BCUT2D eigenvalue weighted by molar-refractivity contribution is 5.94. The van der Waals surface area contributed by atoms with Crippen molar-refractivity contribution >= 4 is 16.9 Å². The lowest BCUT2D eigenvalue weighted by atomic mass is 10.1. The van der Waals surface area contributed by atoms with Gasteiger partial charge in [0.25, 0.3) is 11.5 Å². The number of hydrogen-bond donors (Lipinski definition) is 1. The van der Waals surface area contributed by atoms with Gasteiger partial charge in [0.1, 0.15) is 5.69 Å². The first-order valence-corrected chi connectivity index (χ1v) is 10.3. The van der Waals surface area contributed by atoms with Crippen LogP contribution in [-0.4, -0.2) is 20.4 Å².